The second kappa shape index (κ2) is 7.52. The van der Waals surface area contributed by atoms with Crippen LogP contribution in [0.1, 0.15) is 53.7 Å². The fourth-order valence-electron chi connectivity index (χ4n) is 3.19. The zero-order valence-corrected chi connectivity index (χ0v) is 14.4. The summed E-state index contributed by atoms with van der Waals surface area (Å²) in [6, 6.07) is 14.3. The molecule has 0 fully saturated rings. The van der Waals surface area contributed by atoms with E-state index in [9.17, 15) is 4.79 Å². The van der Waals surface area contributed by atoms with Crippen molar-refractivity contribution in [2.45, 2.75) is 45.6 Å². The van der Waals surface area contributed by atoms with Crippen LogP contribution in [-0.2, 0) is 17.6 Å². The van der Waals surface area contributed by atoms with Crippen LogP contribution >= 0.6 is 0 Å². The number of ether oxygens (including phenoxy) is 2. The van der Waals surface area contributed by atoms with E-state index in [1.165, 1.54) is 5.56 Å². The number of esters is 1. The number of rotatable bonds is 6. The third-order valence-electron chi connectivity index (χ3n) is 4.37. The van der Waals surface area contributed by atoms with Gasteiger partial charge in [0.1, 0.15) is 11.9 Å². The molecule has 3 heteroatoms. The molecule has 126 valence electrons. The zero-order valence-electron chi connectivity index (χ0n) is 14.4. The van der Waals surface area contributed by atoms with Gasteiger partial charge in [0.2, 0.25) is 0 Å². The van der Waals surface area contributed by atoms with Crippen molar-refractivity contribution >= 4 is 5.97 Å². The van der Waals surface area contributed by atoms with E-state index in [1.54, 1.807) is 0 Å². The molecule has 0 N–H and O–H groups in total. The lowest BCUT2D eigenvalue weighted by Crippen LogP contribution is -2.27. The third-order valence-corrected chi connectivity index (χ3v) is 4.37. The Hall–Kier alpha value is -2.29. The second-order valence-corrected chi connectivity index (χ2v) is 6.27. The van der Waals surface area contributed by atoms with Gasteiger partial charge < -0.3 is 9.47 Å². The van der Waals surface area contributed by atoms with Gasteiger partial charge in [0.15, 0.2) is 0 Å². The average molecular weight is 324 g/mol. The summed E-state index contributed by atoms with van der Waals surface area (Å²) in [5.41, 5.74) is 4.17. The van der Waals surface area contributed by atoms with E-state index in [0.717, 1.165) is 48.1 Å². The fraction of sp³-hybridized carbons (Fsp3) is 0.381. The Morgan fingerprint density at radius 2 is 1.83 bits per heavy atom. The molecule has 0 saturated heterocycles. The quantitative estimate of drug-likeness (QED) is 0.731. The highest BCUT2D eigenvalue weighted by molar-refractivity contribution is 5.92. The zero-order chi connectivity index (χ0) is 16.9. The number of fused-ring (bicyclic) bond motifs is 1. The van der Waals surface area contributed by atoms with Crippen LogP contribution in [0.3, 0.4) is 0 Å². The van der Waals surface area contributed by atoms with Crippen LogP contribution in [0.25, 0.3) is 0 Å². The summed E-state index contributed by atoms with van der Waals surface area (Å²) in [5, 5.41) is 0. The molecule has 2 aromatic rings. The van der Waals surface area contributed by atoms with Gasteiger partial charge in [0, 0.05) is 6.42 Å². The van der Waals surface area contributed by atoms with E-state index in [1.807, 2.05) is 25.1 Å². The van der Waals surface area contributed by atoms with E-state index in [-0.39, 0.29) is 12.1 Å². The first kappa shape index (κ1) is 16.6. The van der Waals surface area contributed by atoms with Gasteiger partial charge in [-0.05, 0) is 54.7 Å². The molecule has 24 heavy (non-hydrogen) atoms. The van der Waals surface area contributed by atoms with Crippen molar-refractivity contribution in [1.29, 1.82) is 0 Å². The van der Waals surface area contributed by atoms with Gasteiger partial charge in [-0.3, -0.25) is 0 Å². The number of hydrogen-bond donors (Lipinski definition) is 0. The highest BCUT2D eigenvalue weighted by atomic mass is 16.5. The van der Waals surface area contributed by atoms with Crippen molar-refractivity contribution in [3.8, 4) is 5.75 Å². The molecular formula is C21H24O3. The molecule has 0 spiro atoms. The van der Waals surface area contributed by atoms with Crippen molar-refractivity contribution in [1.82, 2.24) is 0 Å². The largest absolute Gasteiger partial charge is 0.494 e. The van der Waals surface area contributed by atoms with Gasteiger partial charge in [-0.1, -0.05) is 37.6 Å². The van der Waals surface area contributed by atoms with E-state index >= 15 is 0 Å². The summed E-state index contributed by atoms with van der Waals surface area (Å²) in [4.78, 5) is 12.3. The molecule has 0 aliphatic carbocycles. The van der Waals surface area contributed by atoms with Gasteiger partial charge in [-0.2, -0.15) is 0 Å². The summed E-state index contributed by atoms with van der Waals surface area (Å²) < 4.78 is 11.0. The Kier molecular flexibility index (Phi) is 5.19. The highest BCUT2D eigenvalue weighted by Crippen LogP contribution is 2.25. The maximum Gasteiger partial charge on any atom is 0.338 e. The minimum absolute atomic E-state index is 0.0342. The van der Waals surface area contributed by atoms with Crippen molar-refractivity contribution < 1.29 is 14.3 Å². The molecule has 1 aliphatic heterocycles. The van der Waals surface area contributed by atoms with Crippen molar-refractivity contribution in [3.63, 3.8) is 0 Å². The van der Waals surface area contributed by atoms with Crippen LogP contribution in [-0.4, -0.2) is 18.7 Å². The summed E-state index contributed by atoms with van der Waals surface area (Å²) in [6.45, 7) is 4.76. The van der Waals surface area contributed by atoms with Crippen LogP contribution in [0.15, 0.2) is 42.5 Å². The minimum Gasteiger partial charge on any atom is -0.494 e. The molecule has 0 amide bonds. The monoisotopic (exact) mass is 324 g/mol. The average Bonchev–Trinajstić information content (AvgIpc) is 2.58. The van der Waals surface area contributed by atoms with E-state index < -0.39 is 0 Å². The lowest BCUT2D eigenvalue weighted by Gasteiger charge is -2.24. The fourth-order valence-corrected chi connectivity index (χ4v) is 3.19. The van der Waals surface area contributed by atoms with Gasteiger partial charge in [-0.25, -0.2) is 4.79 Å². The molecule has 3 rings (SSSR count). The number of cyclic esters (lactones) is 1. The Balaban J connectivity index is 1.74. The number of hydrogen-bond acceptors (Lipinski definition) is 3. The molecule has 1 unspecified atom stereocenters. The SMILES string of the molecule is CCCC1Cc2ccc(Cc3ccc(OCC)cc3)cc2C(=O)O1. The minimum atomic E-state index is -0.178. The van der Waals surface area contributed by atoms with Crippen molar-refractivity contribution in [3.05, 3.63) is 64.7 Å². The molecule has 3 nitrogen and oxygen atoms in total. The lowest BCUT2D eigenvalue weighted by molar-refractivity contribution is 0.0236. The molecule has 0 saturated carbocycles. The Morgan fingerprint density at radius 1 is 1.08 bits per heavy atom. The molecule has 2 aromatic carbocycles. The van der Waals surface area contributed by atoms with Crippen molar-refractivity contribution in [2.75, 3.05) is 6.61 Å². The van der Waals surface area contributed by atoms with E-state index in [2.05, 4.69) is 31.2 Å². The molecule has 0 bridgehead atoms. The smallest absolute Gasteiger partial charge is 0.338 e. The summed E-state index contributed by atoms with van der Waals surface area (Å²) in [7, 11) is 0. The van der Waals surface area contributed by atoms with E-state index in [0.29, 0.717) is 6.61 Å². The molecule has 1 heterocycles. The topological polar surface area (TPSA) is 35.5 Å². The number of benzene rings is 2. The number of carbonyl (C=O) groups is 1. The van der Waals surface area contributed by atoms with Crippen LogP contribution in [0.2, 0.25) is 0 Å². The lowest BCUT2D eigenvalue weighted by atomic mass is 9.93. The molecule has 1 aliphatic rings. The van der Waals surface area contributed by atoms with Crippen LogP contribution in [0, 0.1) is 0 Å². The first-order valence-corrected chi connectivity index (χ1v) is 8.74. The van der Waals surface area contributed by atoms with Crippen LogP contribution < -0.4 is 4.74 Å². The number of carbonyl (C=O) groups excluding carboxylic acids is 1. The first-order valence-electron chi connectivity index (χ1n) is 8.74. The summed E-state index contributed by atoms with van der Waals surface area (Å²) in [5.74, 6) is 0.709. The Labute approximate surface area is 143 Å². The summed E-state index contributed by atoms with van der Waals surface area (Å²) in [6.07, 6.45) is 3.62. The van der Waals surface area contributed by atoms with Gasteiger partial charge in [0.05, 0.1) is 12.2 Å². The van der Waals surface area contributed by atoms with Gasteiger partial charge in [-0.15, -0.1) is 0 Å². The maximum absolute atomic E-state index is 12.3. The maximum atomic E-state index is 12.3. The molecular weight excluding hydrogens is 300 g/mol. The highest BCUT2D eigenvalue weighted by Gasteiger charge is 2.25. The van der Waals surface area contributed by atoms with E-state index in [4.69, 9.17) is 9.47 Å². The first-order chi connectivity index (χ1) is 11.7. The Bertz CT molecular complexity index is 704. The molecule has 1 atom stereocenters. The third kappa shape index (κ3) is 3.78. The van der Waals surface area contributed by atoms with Gasteiger partial charge in [0.25, 0.3) is 0 Å². The predicted molar refractivity (Wildman–Crippen MR) is 94.7 cm³/mol. The normalized spacial score (nSPS) is 16.4. The molecule has 0 radical (unpaired) electrons. The summed E-state index contributed by atoms with van der Waals surface area (Å²) >= 11 is 0. The van der Waals surface area contributed by atoms with Crippen LogP contribution in [0.5, 0.6) is 5.75 Å². The second-order valence-electron chi connectivity index (χ2n) is 6.27. The standard InChI is InChI=1S/C21H24O3/c1-3-5-19-14-17-9-6-16(13-20(17)21(22)24-19)12-15-7-10-18(11-8-15)23-4-2/h6-11,13,19H,3-5,12,14H2,1-2H3. The molecule has 0 aromatic heterocycles. The van der Waals surface area contributed by atoms with Crippen LogP contribution in [0.4, 0.5) is 0 Å². The Morgan fingerprint density at radius 3 is 2.54 bits per heavy atom. The van der Waals surface area contributed by atoms with Crippen molar-refractivity contribution in [2.24, 2.45) is 0 Å². The predicted octanol–water partition coefficient (Wildman–Crippen LogP) is 4.56. The van der Waals surface area contributed by atoms with Gasteiger partial charge >= 0.3 is 5.97 Å².